The van der Waals surface area contributed by atoms with E-state index in [2.05, 4.69) is 0 Å². The number of aliphatic hydroxyl groups is 1. The van der Waals surface area contributed by atoms with Crippen molar-refractivity contribution in [3.8, 4) is 0 Å². The molecule has 0 spiro atoms. The van der Waals surface area contributed by atoms with Crippen LogP contribution in [0.5, 0.6) is 0 Å². The van der Waals surface area contributed by atoms with Crippen LogP contribution in [0.25, 0.3) is 0 Å². The van der Waals surface area contributed by atoms with E-state index in [0.717, 1.165) is 25.9 Å². The van der Waals surface area contributed by atoms with Gasteiger partial charge in [0.15, 0.2) is 0 Å². The lowest BCUT2D eigenvalue weighted by molar-refractivity contribution is 0.172. The number of piperidine rings is 1. The maximum absolute atomic E-state index is 9.65. The Hall–Kier alpha value is -1.19. The molecule has 0 atom stereocenters. The molecule has 0 aliphatic carbocycles. The number of hydrogen-bond acceptors (Lipinski definition) is 4. The first-order chi connectivity index (χ1) is 6.13. The summed E-state index contributed by atoms with van der Waals surface area (Å²) in [6.45, 7) is 3.27. The molecule has 13 heavy (non-hydrogen) atoms. The van der Waals surface area contributed by atoms with Gasteiger partial charge in [0.2, 0.25) is 5.88 Å². The van der Waals surface area contributed by atoms with Gasteiger partial charge in [0.1, 0.15) is 5.70 Å². The van der Waals surface area contributed by atoms with E-state index in [-0.39, 0.29) is 17.3 Å². The molecule has 0 aromatic heterocycles. The van der Waals surface area contributed by atoms with Gasteiger partial charge in [-0.1, -0.05) is 0 Å². The summed E-state index contributed by atoms with van der Waals surface area (Å²) >= 11 is 0. The Morgan fingerprint density at radius 1 is 1.31 bits per heavy atom. The molecule has 0 unspecified atom stereocenters. The summed E-state index contributed by atoms with van der Waals surface area (Å²) in [7, 11) is 0. The lowest BCUT2D eigenvalue weighted by Crippen LogP contribution is -2.32. The van der Waals surface area contributed by atoms with E-state index in [0.29, 0.717) is 0 Å². The van der Waals surface area contributed by atoms with Gasteiger partial charge in [0.25, 0.3) is 0 Å². The molecule has 1 rings (SSSR count). The molecule has 0 bridgehead atoms. The third-order valence-electron chi connectivity index (χ3n) is 2.30. The molecule has 0 aromatic carbocycles. The first-order valence-electron chi connectivity index (χ1n) is 4.62. The third kappa shape index (κ3) is 2.37. The van der Waals surface area contributed by atoms with Crippen LogP contribution < -0.4 is 5.73 Å². The Labute approximate surface area is 78.5 Å². The highest BCUT2D eigenvalue weighted by Crippen LogP contribution is 2.14. The maximum Gasteiger partial charge on any atom is 0.212 e. The molecular weight excluding hydrogens is 166 g/mol. The zero-order valence-electron chi connectivity index (χ0n) is 8.01. The van der Waals surface area contributed by atoms with Crippen LogP contribution in [-0.2, 0) is 0 Å². The fourth-order valence-corrected chi connectivity index (χ4v) is 1.44. The molecule has 1 heterocycles. The number of rotatable bonds is 2. The van der Waals surface area contributed by atoms with Gasteiger partial charge in [-0.05, 0) is 26.2 Å². The van der Waals surface area contributed by atoms with E-state index in [9.17, 15) is 5.11 Å². The molecule has 0 saturated carbocycles. The molecule has 1 fully saturated rings. The van der Waals surface area contributed by atoms with Crippen molar-refractivity contribution in [1.82, 2.24) is 4.90 Å². The van der Waals surface area contributed by atoms with Crippen molar-refractivity contribution in [3.05, 3.63) is 11.6 Å². The minimum atomic E-state index is 0.0761. The number of hydrogen-bond donors (Lipinski definition) is 3. The van der Waals surface area contributed by atoms with E-state index >= 15 is 0 Å². The Bertz CT molecular complexity index is 229. The Morgan fingerprint density at radius 3 is 2.31 bits per heavy atom. The monoisotopic (exact) mass is 183 g/mol. The fraction of sp³-hybridized carbons (Fsp3) is 0.667. The van der Waals surface area contributed by atoms with Crippen LogP contribution >= 0.6 is 0 Å². The topological polar surface area (TPSA) is 73.3 Å². The minimum Gasteiger partial charge on any atom is -0.493 e. The van der Waals surface area contributed by atoms with Crippen molar-refractivity contribution >= 4 is 5.71 Å². The molecule has 0 aromatic rings. The summed E-state index contributed by atoms with van der Waals surface area (Å²) < 4.78 is 0. The highest BCUT2D eigenvalue weighted by molar-refractivity contribution is 5.94. The lowest BCUT2D eigenvalue weighted by Gasteiger charge is -2.28. The maximum atomic E-state index is 9.65. The van der Waals surface area contributed by atoms with Gasteiger partial charge in [-0.3, -0.25) is 0 Å². The van der Waals surface area contributed by atoms with E-state index in [1.165, 1.54) is 6.42 Å². The molecule has 1 saturated heterocycles. The van der Waals surface area contributed by atoms with Crippen LogP contribution in [0.2, 0.25) is 0 Å². The summed E-state index contributed by atoms with van der Waals surface area (Å²) in [5.74, 6) is 0.0761. The van der Waals surface area contributed by atoms with Crippen molar-refractivity contribution in [1.29, 1.82) is 5.41 Å². The molecule has 1 aliphatic heterocycles. The number of likely N-dealkylation sites (tertiary alicyclic amines) is 1. The number of aliphatic hydroxyl groups excluding tert-OH is 1. The third-order valence-corrected chi connectivity index (χ3v) is 2.30. The van der Waals surface area contributed by atoms with Gasteiger partial charge >= 0.3 is 0 Å². The molecule has 4 nitrogen and oxygen atoms in total. The summed E-state index contributed by atoms with van der Waals surface area (Å²) in [5, 5.41) is 16.9. The second-order valence-electron chi connectivity index (χ2n) is 3.41. The number of nitrogens with one attached hydrogen (secondary N) is 1. The van der Waals surface area contributed by atoms with E-state index < -0.39 is 0 Å². The Morgan fingerprint density at radius 2 is 1.85 bits per heavy atom. The molecule has 4 N–H and O–H groups in total. The summed E-state index contributed by atoms with van der Waals surface area (Å²) in [6.07, 6.45) is 3.40. The van der Waals surface area contributed by atoms with E-state index in [4.69, 9.17) is 11.1 Å². The van der Waals surface area contributed by atoms with Crippen LogP contribution in [-0.4, -0.2) is 28.8 Å². The highest BCUT2D eigenvalue weighted by Gasteiger charge is 2.15. The average Bonchev–Trinajstić information content (AvgIpc) is 2.17. The molecule has 74 valence electrons. The normalized spacial score (nSPS) is 19.6. The first-order valence-corrected chi connectivity index (χ1v) is 4.62. The Balaban J connectivity index is 2.68. The van der Waals surface area contributed by atoms with Crippen molar-refractivity contribution < 1.29 is 5.11 Å². The molecule has 1 aliphatic rings. The molecular formula is C9H17N3O. The predicted octanol–water partition coefficient (Wildman–Crippen LogP) is 1.20. The first kappa shape index (κ1) is 9.89. The number of nitrogens with zero attached hydrogens (tertiary/aromatic N) is 1. The SMILES string of the molecule is CC(=N)/C(N)=C(\O)N1CCCCC1. The average molecular weight is 183 g/mol. The summed E-state index contributed by atoms with van der Waals surface area (Å²) in [6, 6.07) is 0. The van der Waals surface area contributed by atoms with E-state index in [1.807, 2.05) is 4.90 Å². The van der Waals surface area contributed by atoms with Gasteiger partial charge in [0, 0.05) is 13.1 Å². The van der Waals surface area contributed by atoms with Crippen molar-refractivity contribution in [3.63, 3.8) is 0 Å². The Kier molecular flexibility index (Phi) is 3.17. The lowest BCUT2D eigenvalue weighted by atomic mass is 10.1. The van der Waals surface area contributed by atoms with Gasteiger partial charge in [-0.25, -0.2) is 0 Å². The summed E-state index contributed by atoms with van der Waals surface area (Å²) in [4.78, 5) is 1.84. The molecule has 0 amide bonds. The number of allylic oxidation sites excluding steroid dienone is 1. The number of nitrogens with two attached hydrogens (primary N) is 1. The summed E-state index contributed by atoms with van der Waals surface area (Å²) in [5.41, 5.74) is 5.98. The zero-order chi connectivity index (χ0) is 9.84. The zero-order valence-corrected chi connectivity index (χ0v) is 8.01. The van der Waals surface area contributed by atoms with Crippen molar-refractivity contribution in [2.75, 3.05) is 13.1 Å². The molecule has 0 radical (unpaired) electrons. The smallest absolute Gasteiger partial charge is 0.212 e. The second-order valence-corrected chi connectivity index (χ2v) is 3.41. The predicted molar refractivity (Wildman–Crippen MR) is 52.7 cm³/mol. The van der Waals surface area contributed by atoms with Crippen molar-refractivity contribution in [2.24, 2.45) is 5.73 Å². The minimum absolute atomic E-state index is 0.0761. The van der Waals surface area contributed by atoms with Crippen LogP contribution in [0.1, 0.15) is 26.2 Å². The van der Waals surface area contributed by atoms with Crippen LogP contribution in [0.3, 0.4) is 0 Å². The van der Waals surface area contributed by atoms with Gasteiger partial charge in [-0.15, -0.1) is 0 Å². The van der Waals surface area contributed by atoms with E-state index in [1.54, 1.807) is 6.92 Å². The van der Waals surface area contributed by atoms with Gasteiger partial charge in [0.05, 0.1) is 5.71 Å². The standard InChI is InChI=1S/C9H17N3O/c1-7(10)8(11)9(13)12-5-3-2-4-6-12/h10,13H,2-6,11H2,1H3/b9-8+,10-7?. The van der Waals surface area contributed by atoms with Crippen molar-refractivity contribution in [2.45, 2.75) is 26.2 Å². The van der Waals surface area contributed by atoms with Gasteiger partial charge in [-0.2, -0.15) is 0 Å². The highest BCUT2D eigenvalue weighted by atomic mass is 16.3. The van der Waals surface area contributed by atoms with Gasteiger partial charge < -0.3 is 21.1 Å². The second kappa shape index (κ2) is 4.16. The largest absolute Gasteiger partial charge is 0.493 e. The fourth-order valence-electron chi connectivity index (χ4n) is 1.44. The van der Waals surface area contributed by atoms with Crippen LogP contribution in [0, 0.1) is 5.41 Å². The van der Waals surface area contributed by atoms with Crippen LogP contribution in [0.15, 0.2) is 11.6 Å². The van der Waals surface area contributed by atoms with Crippen LogP contribution in [0.4, 0.5) is 0 Å². The molecule has 4 heteroatoms. The quantitative estimate of drug-likeness (QED) is 0.445.